The zero-order valence-electron chi connectivity index (χ0n) is 9.65. The van der Waals surface area contributed by atoms with Crippen molar-refractivity contribution in [2.24, 2.45) is 17.8 Å². The van der Waals surface area contributed by atoms with Crippen molar-refractivity contribution in [2.75, 3.05) is 13.1 Å². The fourth-order valence-corrected chi connectivity index (χ4v) is 3.00. The van der Waals surface area contributed by atoms with Gasteiger partial charge in [0.15, 0.2) is 0 Å². The molecule has 0 saturated heterocycles. The van der Waals surface area contributed by atoms with Crippen LogP contribution in [-0.4, -0.2) is 24.3 Å². The fraction of sp³-hybridized carbons (Fsp3) is 0.846. The van der Waals surface area contributed by atoms with Crippen molar-refractivity contribution in [1.82, 2.24) is 5.32 Å². The summed E-state index contributed by atoms with van der Waals surface area (Å²) in [6.45, 7) is 3.97. The highest BCUT2D eigenvalue weighted by molar-refractivity contribution is 5.10. The number of hydrogen-bond donors (Lipinski definition) is 2. The van der Waals surface area contributed by atoms with E-state index in [1.807, 2.05) is 0 Å². The highest BCUT2D eigenvalue weighted by atomic mass is 16.3. The first-order valence-electron chi connectivity index (χ1n) is 6.36. The summed E-state index contributed by atoms with van der Waals surface area (Å²) in [7, 11) is 0. The molecule has 2 bridgehead atoms. The minimum atomic E-state index is -0.149. The molecule has 0 radical (unpaired) electrons. The molecule has 15 heavy (non-hydrogen) atoms. The van der Waals surface area contributed by atoms with Crippen LogP contribution in [0.25, 0.3) is 0 Å². The van der Waals surface area contributed by atoms with Gasteiger partial charge in [-0.05, 0) is 43.6 Å². The van der Waals surface area contributed by atoms with E-state index in [9.17, 15) is 5.11 Å². The molecular weight excluding hydrogens is 186 g/mol. The number of aliphatic hydroxyl groups excluding tert-OH is 1. The highest BCUT2D eigenvalue weighted by Crippen LogP contribution is 2.42. The van der Waals surface area contributed by atoms with Crippen molar-refractivity contribution in [2.45, 2.75) is 38.7 Å². The minimum Gasteiger partial charge on any atom is -0.392 e. The second kappa shape index (κ2) is 5.13. The summed E-state index contributed by atoms with van der Waals surface area (Å²) < 4.78 is 0. The van der Waals surface area contributed by atoms with E-state index in [4.69, 9.17) is 0 Å². The van der Waals surface area contributed by atoms with Crippen LogP contribution in [0.1, 0.15) is 32.6 Å². The van der Waals surface area contributed by atoms with Crippen LogP contribution in [0.15, 0.2) is 12.2 Å². The van der Waals surface area contributed by atoms with Gasteiger partial charge < -0.3 is 10.4 Å². The molecule has 0 aromatic heterocycles. The van der Waals surface area contributed by atoms with E-state index in [2.05, 4.69) is 24.4 Å². The molecule has 4 atom stereocenters. The van der Waals surface area contributed by atoms with Crippen molar-refractivity contribution < 1.29 is 5.11 Å². The van der Waals surface area contributed by atoms with E-state index in [-0.39, 0.29) is 6.10 Å². The Morgan fingerprint density at radius 1 is 1.40 bits per heavy atom. The molecule has 2 rings (SSSR count). The van der Waals surface area contributed by atoms with Crippen molar-refractivity contribution in [3.05, 3.63) is 12.2 Å². The Morgan fingerprint density at radius 2 is 2.27 bits per heavy atom. The van der Waals surface area contributed by atoms with Crippen molar-refractivity contribution in [3.8, 4) is 0 Å². The lowest BCUT2D eigenvalue weighted by Crippen LogP contribution is -2.32. The number of aliphatic hydroxyl groups is 1. The molecule has 2 N–H and O–H groups in total. The van der Waals surface area contributed by atoms with Gasteiger partial charge >= 0.3 is 0 Å². The molecule has 0 heterocycles. The molecule has 4 unspecified atom stereocenters. The Balaban J connectivity index is 1.61. The molecule has 1 fully saturated rings. The van der Waals surface area contributed by atoms with Gasteiger partial charge in [0.05, 0.1) is 6.10 Å². The van der Waals surface area contributed by atoms with E-state index in [0.717, 1.165) is 43.7 Å². The van der Waals surface area contributed by atoms with E-state index in [0.29, 0.717) is 0 Å². The maximum Gasteiger partial charge on any atom is 0.0664 e. The fourth-order valence-electron chi connectivity index (χ4n) is 3.00. The number of allylic oxidation sites excluding steroid dienone is 2. The standard InChI is InChI=1S/C13H23NO/c1-2-3-13(15)9-14-8-12-7-10-4-5-11(12)6-10/h4-5,10-15H,2-3,6-9H2,1H3. The maximum atomic E-state index is 9.58. The minimum absolute atomic E-state index is 0.149. The third-order valence-electron chi connectivity index (χ3n) is 3.82. The average Bonchev–Trinajstić information content (AvgIpc) is 2.79. The van der Waals surface area contributed by atoms with E-state index in [1.54, 1.807) is 0 Å². The summed E-state index contributed by atoms with van der Waals surface area (Å²) in [6.07, 6.45) is 9.35. The lowest BCUT2D eigenvalue weighted by Gasteiger charge is -2.19. The van der Waals surface area contributed by atoms with Gasteiger partial charge in [0.1, 0.15) is 0 Å². The van der Waals surface area contributed by atoms with Gasteiger partial charge in [0, 0.05) is 6.54 Å². The average molecular weight is 209 g/mol. The van der Waals surface area contributed by atoms with Gasteiger partial charge in [-0.1, -0.05) is 25.5 Å². The monoisotopic (exact) mass is 209 g/mol. The van der Waals surface area contributed by atoms with Crippen LogP contribution >= 0.6 is 0 Å². The molecule has 0 aromatic carbocycles. The molecule has 0 spiro atoms. The summed E-state index contributed by atoms with van der Waals surface area (Å²) in [5, 5.41) is 13.0. The summed E-state index contributed by atoms with van der Waals surface area (Å²) in [6, 6.07) is 0. The third kappa shape index (κ3) is 2.82. The SMILES string of the molecule is CCCC(O)CNCC1CC2C=CC1C2. The van der Waals surface area contributed by atoms with E-state index >= 15 is 0 Å². The van der Waals surface area contributed by atoms with Crippen LogP contribution < -0.4 is 5.32 Å². The van der Waals surface area contributed by atoms with Crippen LogP contribution in [0.3, 0.4) is 0 Å². The molecule has 0 amide bonds. The lowest BCUT2D eigenvalue weighted by atomic mass is 9.93. The van der Waals surface area contributed by atoms with Crippen molar-refractivity contribution >= 4 is 0 Å². The summed E-state index contributed by atoms with van der Waals surface area (Å²) in [5.41, 5.74) is 0. The number of rotatable bonds is 6. The maximum absolute atomic E-state index is 9.58. The number of fused-ring (bicyclic) bond motifs is 2. The summed E-state index contributed by atoms with van der Waals surface area (Å²) in [5.74, 6) is 2.52. The topological polar surface area (TPSA) is 32.3 Å². The van der Waals surface area contributed by atoms with Gasteiger partial charge in [-0.2, -0.15) is 0 Å². The molecule has 2 aliphatic rings. The molecule has 2 nitrogen and oxygen atoms in total. The Morgan fingerprint density at radius 3 is 2.87 bits per heavy atom. The summed E-state index contributed by atoms with van der Waals surface area (Å²) >= 11 is 0. The zero-order chi connectivity index (χ0) is 10.7. The second-order valence-corrected chi connectivity index (χ2v) is 5.14. The molecule has 86 valence electrons. The molecule has 0 aromatic rings. The van der Waals surface area contributed by atoms with Crippen LogP contribution in [0, 0.1) is 17.8 Å². The molecule has 1 saturated carbocycles. The van der Waals surface area contributed by atoms with Gasteiger partial charge in [-0.25, -0.2) is 0 Å². The Kier molecular flexibility index (Phi) is 3.81. The predicted molar refractivity (Wildman–Crippen MR) is 62.6 cm³/mol. The van der Waals surface area contributed by atoms with Crippen LogP contribution in [0.4, 0.5) is 0 Å². The molecule has 2 heteroatoms. The third-order valence-corrected chi connectivity index (χ3v) is 3.82. The van der Waals surface area contributed by atoms with Crippen LogP contribution in [0.2, 0.25) is 0 Å². The van der Waals surface area contributed by atoms with Gasteiger partial charge in [0.25, 0.3) is 0 Å². The zero-order valence-corrected chi connectivity index (χ0v) is 9.65. The molecular formula is C13H23NO. The van der Waals surface area contributed by atoms with Crippen molar-refractivity contribution in [3.63, 3.8) is 0 Å². The Bertz CT molecular complexity index is 227. The predicted octanol–water partition coefficient (Wildman–Crippen LogP) is 1.95. The first-order valence-corrected chi connectivity index (χ1v) is 6.36. The normalized spacial score (nSPS) is 34.9. The van der Waals surface area contributed by atoms with Gasteiger partial charge in [0.2, 0.25) is 0 Å². The molecule has 0 aliphatic heterocycles. The smallest absolute Gasteiger partial charge is 0.0664 e. The summed E-state index contributed by atoms with van der Waals surface area (Å²) in [4.78, 5) is 0. The number of hydrogen-bond acceptors (Lipinski definition) is 2. The van der Waals surface area contributed by atoms with Crippen molar-refractivity contribution in [1.29, 1.82) is 0 Å². The molecule has 2 aliphatic carbocycles. The van der Waals surface area contributed by atoms with Crippen LogP contribution in [-0.2, 0) is 0 Å². The Labute approximate surface area is 92.8 Å². The van der Waals surface area contributed by atoms with E-state index < -0.39 is 0 Å². The largest absolute Gasteiger partial charge is 0.392 e. The van der Waals surface area contributed by atoms with E-state index in [1.165, 1.54) is 12.8 Å². The lowest BCUT2D eigenvalue weighted by molar-refractivity contribution is 0.158. The second-order valence-electron chi connectivity index (χ2n) is 5.14. The first-order chi connectivity index (χ1) is 7.29. The number of nitrogens with one attached hydrogen (secondary N) is 1. The van der Waals surface area contributed by atoms with Gasteiger partial charge in [-0.3, -0.25) is 0 Å². The van der Waals surface area contributed by atoms with Gasteiger partial charge in [-0.15, -0.1) is 0 Å². The first kappa shape index (κ1) is 11.2. The quantitative estimate of drug-likeness (QED) is 0.655. The highest BCUT2D eigenvalue weighted by Gasteiger charge is 2.34. The Hall–Kier alpha value is -0.340. The van der Waals surface area contributed by atoms with Crippen LogP contribution in [0.5, 0.6) is 0 Å².